The van der Waals surface area contributed by atoms with Gasteiger partial charge in [-0.15, -0.1) is 0 Å². The average Bonchev–Trinajstić information content (AvgIpc) is 3.28. The highest BCUT2D eigenvalue weighted by atomic mass is 16.5. The van der Waals surface area contributed by atoms with Crippen LogP contribution in [0.1, 0.15) is 22.8 Å². The van der Waals surface area contributed by atoms with Crippen LogP contribution in [0.15, 0.2) is 74.8 Å². The van der Waals surface area contributed by atoms with E-state index in [2.05, 4.69) is 15.1 Å². The Morgan fingerprint density at radius 2 is 1.74 bits per heavy atom. The molecule has 0 spiro atoms. The van der Waals surface area contributed by atoms with Crippen molar-refractivity contribution in [3.05, 3.63) is 104 Å². The molecule has 0 aliphatic heterocycles. The molecule has 34 heavy (non-hydrogen) atoms. The average molecular weight is 463 g/mol. The number of nitrogen functional groups attached to an aromatic ring is 1. The quantitative estimate of drug-likeness (QED) is 0.365. The summed E-state index contributed by atoms with van der Waals surface area (Å²) < 4.78 is 12.0. The Hall–Kier alpha value is -4.18. The number of methoxy groups -OCH3 is 1. The van der Waals surface area contributed by atoms with Crippen LogP contribution in [0.2, 0.25) is 0 Å². The molecular weight excluding hydrogens is 436 g/mol. The summed E-state index contributed by atoms with van der Waals surface area (Å²) in [6, 6.07) is 19.2. The summed E-state index contributed by atoms with van der Waals surface area (Å²) in [5.41, 5.74) is 7.27. The first-order valence-electron chi connectivity index (χ1n) is 10.8. The van der Waals surface area contributed by atoms with Gasteiger partial charge in [-0.2, -0.15) is 4.98 Å². The first-order valence-corrected chi connectivity index (χ1v) is 10.8. The van der Waals surface area contributed by atoms with E-state index in [0.29, 0.717) is 31.3 Å². The lowest BCUT2D eigenvalue weighted by molar-refractivity contribution is 0.204. The normalized spacial score (nSPS) is 11.0. The number of benzene rings is 2. The highest BCUT2D eigenvalue weighted by molar-refractivity contribution is 5.62. The summed E-state index contributed by atoms with van der Waals surface area (Å²) in [7, 11) is 1.56. The second-order valence-corrected chi connectivity index (χ2v) is 7.75. The smallest absolute Gasteiger partial charge is 0.330 e. The Labute approximate surface area is 195 Å². The van der Waals surface area contributed by atoms with Gasteiger partial charge in [0.25, 0.3) is 5.56 Å². The maximum Gasteiger partial charge on any atom is 0.330 e. The van der Waals surface area contributed by atoms with Crippen molar-refractivity contribution in [2.75, 3.05) is 30.9 Å². The molecular formula is C24H26N6O4. The van der Waals surface area contributed by atoms with Crippen molar-refractivity contribution in [1.29, 1.82) is 0 Å². The third-order valence-electron chi connectivity index (χ3n) is 5.32. The van der Waals surface area contributed by atoms with E-state index in [-0.39, 0.29) is 24.6 Å². The van der Waals surface area contributed by atoms with Crippen LogP contribution in [-0.4, -0.2) is 40.0 Å². The van der Waals surface area contributed by atoms with Crippen LogP contribution in [-0.2, 0) is 24.2 Å². The monoisotopic (exact) mass is 462 g/mol. The van der Waals surface area contributed by atoms with Gasteiger partial charge < -0.3 is 19.9 Å². The van der Waals surface area contributed by atoms with E-state index in [4.69, 9.17) is 15.0 Å². The summed E-state index contributed by atoms with van der Waals surface area (Å²) in [5.74, 6) is 0.906. The lowest BCUT2D eigenvalue weighted by atomic mass is 10.1. The maximum absolute atomic E-state index is 12.8. The second kappa shape index (κ2) is 10.6. The number of anilines is 2. The molecule has 4 rings (SSSR count). The van der Waals surface area contributed by atoms with E-state index in [1.54, 1.807) is 12.0 Å². The molecule has 2 aromatic carbocycles. The largest absolute Gasteiger partial charge is 0.383 e. The summed E-state index contributed by atoms with van der Waals surface area (Å²) in [4.78, 5) is 33.9. The first-order chi connectivity index (χ1) is 16.5. The van der Waals surface area contributed by atoms with E-state index in [9.17, 15) is 9.59 Å². The van der Waals surface area contributed by atoms with Crippen LogP contribution in [0, 0.1) is 0 Å². The summed E-state index contributed by atoms with van der Waals surface area (Å²) >= 11 is 0. The Morgan fingerprint density at radius 1 is 1.06 bits per heavy atom. The van der Waals surface area contributed by atoms with Gasteiger partial charge in [-0.3, -0.25) is 14.3 Å². The zero-order chi connectivity index (χ0) is 23.9. The van der Waals surface area contributed by atoms with Crippen LogP contribution >= 0.6 is 0 Å². The van der Waals surface area contributed by atoms with E-state index < -0.39 is 11.2 Å². The minimum Gasteiger partial charge on any atom is -0.383 e. The Balaban J connectivity index is 1.63. The predicted octanol–water partition coefficient (Wildman–Crippen LogP) is 1.79. The zero-order valence-electron chi connectivity index (χ0n) is 18.8. The fraction of sp³-hybridized carbons (Fsp3) is 0.250. The van der Waals surface area contributed by atoms with Crippen LogP contribution in [0.5, 0.6) is 0 Å². The minimum absolute atomic E-state index is 0.0535. The van der Waals surface area contributed by atoms with Crippen molar-refractivity contribution in [1.82, 2.24) is 19.7 Å². The molecule has 0 atom stereocenters. The second-order valence-electron chi connectivity index (χ2n) is 7.75. The van der Waals surface area contributed by atoms with Gasteiger partial charge in [0.2, 0.25) is 5.89 Å². The lowest BCUT2D eigenvalue weighted by Gasteiger charge is -2.24. The van der Waals surface area contributed by atoms with Crippen molar-refractivity contribution >= 4 is 11.5 Å². The number of nitrogens with two attached hydrogens (primary N) is 1. The maximum atomic E-state index is 12.8. The predicted molar refractivity (Wildman–Crippen MR) is 128 cm³/mol. The standard InChI is InChI=1S/C24H26N6O4/c1-33-13-12-29(16-20-26-19(28-34-20)14-17-8-4-2-5-9-17)21-22(25)30(24(32)27-23(21)31)15-18-10-6-3-7-11-18/h2-11H,12-16,25H2,1H3,(H,27,31,32). The molecule has 0 unspecified atom stereocenters. The van der Waals surface area contributed by atoms with Crippen LogP contribution in [0.3, 0.4) is 0 Å². The molecule has 10 heteroatoms. The first kappa shape index (κ1) is 23.0. The van der Waals surface area contributed by atoms with Gasteiger partial charge in [-0.05, 0) is 11.1 Å². The Kier molecular flexibility index (Phi) is 7.19. The van der Waals surface area contributed by atoms with Gasteiger partial charge in [-0.25, -0.2) is 4.79 Å². The highest BCUT2D eigenvalue weighted by Crippen LogP contribution is 2.20. The molecule has 0 aliphatic rings. The van der Waals surface area contributed by atoms with Gasteiger partial charge in [0, 0.05) is 20.1 Å². The third kappa shape index (κ3) is 5.41. The third-order valence-corrected chi connectivity index (χ3v) is 5.32. The van der Waals surface area contributed by atoms with Crippen molar-refractivity contribution in [3.8, 4) is 0 Å². The Morgan fingerprint density at radius 3 is 2.41 bits per heavy atom. The Bertz CT molecular complexity index is 1330. The van der Waals surface area contributed by atoms with Crippen molar-refractivity contribution in [2.24, 2.45) is 0 Å². The van der Waals surface area contributed by atoms with E-state index in [1.807, 2.05) is 60.7 Å². The molecule has 176 valence electrons. The number of H-pyrrole nitrogens is 1. The molecule has 2 aromatic heterocycles. The lowest BCUT2D eigenvalue weighted by Crippen LogP contribution is -2.39. The molecule has 0 saturated heterocycles. The zero-order valence-corrected chi connectivity index (χ0v) is 18.8. The number of aromatic nitrogens is 4. The molecule has 2 heterocycles. The van der Waals surface area contributed by atoms with Gasteiger partial charge >= 0.3 is 5.69 Å². The van der Waals surface area contributed by atoms with Crippen LogP contribution < -0.4 is 21.9 Å². The number of rotatable bonds is 10. The highest BCUT2D eigenvalue weighted by Gasteiger charge is 2.21. The van der Waals surface area contributed by atoms with Crippen LogP contribution in [0.25, 0.3) is 0 Å². The van der Waals surface area contributed by atoms with Gasteiger partial charge in [-0.1, -0.05) is 65.8 Å². The topological polar surface area (TPSA) is 132 Å². The molecule has 10 nitrogen and oxygen atoms in total. The van der Waals surface area contributed by atoms with Crippen LogP contribution in [0.4, 0.5) is 11.5 Å². The molecule has 3 N–H and O–H groups in total. The van der Waals surface area contributed by atoms with Gasteiger partial charge in [0.15, 0.2) is 5.82 Å². The molecule has 4 aromatic rings. The summed E-state index contributed by atoms with van der Waals surface area (Å²) in [6.07, 6.45) is 0.521. The van der Waals surface area contributed by atoms with Crippen molar-refractivity contribution in [3.63, 3.8) is 0 Å². The molecule has 0 fully saturated rings. The van der Waals surface area contributed by atoms with Gasteiger partial charge in [0.1, 0.15) is 11.5 Å². The van der Waals surface area contributed by atoms with E-state index >= 15 is 0 Å². The number of ether oxygens (including phenoxy) is 1. The van der Waals surface area contributed by atoms with E-state index in [0.717, 1.165) is 11.1 Å². The SMILES string of the molecule is COCCN(Cc1nc(Cc2ccccc2)no1)c1c(N)n(Cc2ccccc2)c(=O)[nH]c1=O. The molecule has 0 saturated carbocycles. The number of aromatic amines is 1. The number of hydrogen-bond donors (Lipinski definition) is 2. The number of nitrogens with one attached hydrogen (secondary N) is 1. The number of hydrogen-bond acceptors (Lipinski definition) is 8. The fourth-order valence-electron chi connectivity index (χ4n) is 3.65. The molecule has 0 aliphatic carbocycles. The fourth-order valence-corrected chi connectivity index (χ4v) is 3.65. The summed E-state index contributed by atoms with van der Waals surface area (Å²) in [6.45, 7) is 0.989. The van der Waals surface area contributed by atoms with Crippen molar-refractivity contribution in [2.45, 2.75) is 19.5 Å². The van der Waals surface area contributed by atoms with Crippen molar-refractivity contribution < 1.29 is 9.26 Å². The molecule has 0 amide bonds. The number of nitrogens with zero attached hydrogens (tertiary/aromatic N) is 4. The van der Waals surface area contributed by atoms with E-state index in [1.165, 1.54) is 4.57 Å². The summed E-state index contributed by atoms with van der Waals surface area (Å²) in [5, 5.41) is 4.05. The molecule has 0 radical (unpaired) electrons. The molecule has 0 bridgehead atoms. The van der Waals surface area contributed by atoms with Gasteiger partial charge in [0.05, 0.1) is 19.7 Å². The minimum atomic E-state index is -0.591.